The van der Waals surface area contributed by atoms with Gasteiger partial charge in [0, 0.05) is 12.6 Å². The van der Waals surface area contributed by atoms with Gasteiger partial charge in [0.05, 0.1) is 0 Å². The fourth-order valence-electron chi connectivity index (χ4n) is 4.22. The van der Waals surface area contributed by atoms with Gasteiger partial charge in [-0.1, -0.05) is 69.5 Å². The molecule has 1 aliphatic carbocycles. The number of alkyl carbamates (subject to hydrolysis) is 1. The van der Waals surface area contributed by atoms with Crippen molar-refractivity contribution in [1.82, 2.24) is 15.5 Å². The Morgan fingerprint density at radius 3 is 2.26 bits per heavy atom. The van der Waals surface area contributed by atoms with Crippen LogP contribution in [0.4, 0.5) is 4.79 Å². The molecular weight excluding hydrogens is 430 g/mol. The first-order chi connectivity index (χ1) is 16.0. The van der Waals surface area contributed by atoms with Crippen LogP contribution in [0.3, 0.4) is 0 Å². The second kappa shape index (κ2) is 12.6. The second-order valence-corrected chi connectivity index (χ2v) is 10.3. The van der Waals surface area contributed by atoms with Gasteiger partial charge in [-0.05, 0) is 45.1 Å². The van der Waals surface area contributed by atoms with Crippen molar-refractivity contribution in [3.05, 3.63) is 48.6 Å². The molecule has 2 N–H and O–H groups in total. The van der Waals surface area contributed by atoms with Crippen LogP contribution in [0.5, 0.6) is 0 Å². The van der Waals surface area contributed by atoms with E-state index < -0.39 is 23.8 Å². The lowest BCUT2D eigenvalue weighted by atomic mass is 9.94. The van der Waals surface area contributed by atoms with Gasteiger partial charge in [-0.2, -0.15) is 0 Å². The number of benzene rings is 1. The van der Waals surface area contributed by atoms with Crippen LogP contribution in [0, 0.1) is 5.92 Å². The third kappa shape index (κ3) is 8.19. The monoisotopic (exact) mass is 471 g/mol. The van der Waals surface area contributed by atoms with Crippen LogP contribution in [-0.4, -0.2) is 47.0 Å². The van der Waals surface area contributed by atoms with Crippen LogP contribution in [-0.2, 0) is 14.3 Å². The molecule has 0 radical (unpaired) electrons. The summed E-state index contributed by atoms with van der Waals surface area (Å²) in [6, 6.07) is 7.69. The first-order valence-corrected chi connectivity index (χ1v) is 12.3. The summed E-state index contributed by atoms with van der Waals surface area (Å²) in [5.74, 6) is -0.786. The van der Waals surface area contributed by atoms with Gasteiger partial charge in [-0.3, -0.25) is 9.59 Å². The van der Waals surface area contributed by atoms with E-state index in [1.807, 2.05) is 44.2 Å². The van der Waals surface area contributed by atoms with Crippen LogP contribution >= 0.6 is 0 Å². The lowest BCUT2D eigenvalue weighted by Crippen LogP contribution is -2.55. The van der Waals surface area contributed by atoms with Crippen LogP contribution in [0.1, 0.15) is 78.3 Å². The van der Waals surface area contributed by atoms with E-state index in [9.17, 15) is 14.4 Å². The summed E-state index contributed by atoms with van der Waals surface area (Å²) in [7, 11) is 0. The fraction of sp³-hybridized carbons (Fsp3) is 0.593. The summed E-state index contributed by atoms with van der Waals surface area (Å²) in [5, 5.41) is 5.89. The predicted octanol–water partition coefficient (Wildman–Crippen LogP) is 4.74. The fourth-order valence-corrected chi connectivity index (χ4v) is 4.22. The average molecular weight is 472 g/mol. The maximum absolute atomic E-state index is 13.8. The summed E-state index contributed by atoms with van der Waals surface area (Å²) in [6.45, 7) is 13.0. The van der Waals surface area contributed by atoms with E-state index in [1.54, 1.807) is 26.8 Å². The van der Waals surface area contributed by atoms with E-state index in [0.717, 1.165) is 25.7 Å². The molecule has 3 amide bonds. The average Bonchev–Trinajstić information content (AvgIpc) is 2.77. The lowest BCUT2D eigenvalue weighted by Gasteiger charge is -2.36. The Kier molecular flexibility index (Phi) is 10.1. The smallest absolute Gasteiger partial charge is 0.408 e. The molecule has 1 fully saturated rings. The van der Waals surface area contributed by atoms with Crippen molar-refractivity contribution < 1.29 is 19.1 Å². The highest BCUT2D eigenvalue weighted by Gasteiger charge is 2.37. The molecule has 0 aromatic heterocycles. The van der Waals surface area contributed by atoms with Crippen LogP contribution in [0.15, 0.2) is 43.0 Å². The molecule has 0 heterocycles. The Balaban J connectivity index is 2.36. The summed E-state index contributed by atoms with van der Waals surface area (Å²) >= 11 is 0. The van der Waals surface area contributed by atoms with Crippen LogP contribution in [0.2, 0.25) is 0 Å². The van der Waals surface area contributed by atoms with Gasteiger partial charge in [0.2, 0.25) is 11.8 Å². The molecule has 0 spiro atoms. The molecule has 1 aromatic rings. The van der Waals surface area contributed by atoms with Crippen LogP contribution < -0.4 is 10.6 Å². The van der Waals surface area contributed by atoms with Crippen molar-refractivity contribution in [2.75, 3.05) is 6.54 Å². The number of nitrogens with zero attached hydrogens (tertiary/aromatic N) is 1. The SMILES string of the molecule is C=CCN(C(=O)C(NC(=O)OC(C)(C)C)C(C)C)C(C(=O)NC1CCCCC1)c1ccccc1. The zero-order valence-electron chi connectivity index (χ0n) is 21.3. The summed E-state index contributed by atoms with van der Waals surface area (Å²) in [5.41, 5.74) is 0.0211. The highest BCUT2D eigenvalue weighted by molar-refractivity contribution is 5.92. The normalized spacial score (nSPS) is 16.3. The van der Waals surface area contributed by atoms with E-state index in [-0.39, 0.29) is 30.3 Å². The Morgan fingerprint density at radius 1 is 1.12 bits per heavy atom. The maximum atomic E-state index is 13.8. The number of nitrogens with one attached hydrogen (secondary N) is 2. The van der Waals surface area contributed by atoms with Crippen molar-refractivity contribution >= 4 is 17.9 Å². The van der Waals surface area contributed by atoms with E-state index in [4.69, 9.17) is 4.74 Å². The van der Waals surface area contributed by atoms with Crippen LogP contribution in [0.25, 0.3) is 0 Å². The number of rotatable bonds is 9. The molecule has 188 valence electrons. The largest absolute Gasteiger partial charge is 0.444 e. The zero-order valence-corrected chi connectivity index (χ0v) is 21.3. The predicted molar refractivity (Wildman–Crippen MR) is 134 cm³/mol. The molecule has 0 bridgehead atoms. The first-order valence-electron chi connectivity index (χ1n) is 12.3. The van der Waals surface area contributed by atoms with Gasteiger partial charge in [0.15, 0.2) is 0 Å². The molecule has 2 unspecified atom stereocenters. The molecular formula is C27H41N3O4. The van der Waals surface area contributed by atoms with E-state index in [0.29, 0.717) is 5.56 Å². The minimum atomic E-state index is -0.858. The number of hydrogen-bond acceptors (Lipinski definition) is 4. The van der Waals surface area contributed by atoms with Crippen molar-refractivity contribution in [3.8, 4) is 0 Å². The summed E-state index contributed by atoms with van der Waals surface area (Å²) < 4.78 is 5.38. The Morgan fingerprint density at radius 2 is 1.74 bits per heavy atom. The van der Waals surface area contributed by atoms with Crippen molar-refractivity contribution in [2.24, 2.45) is 5.92 Å². The third-order valence-electron chi connectivity index (χ3n) is 5.84. The molecule has 1 saturated carbocycles. The molecule has 7 nitrogen and oxygen atoms in total. The molecule has 34 heavy (non-hydrogen) atoms. The van der Waals surface area contributed by atoms with Gasteiger partial charge < -0.3 is 20.3 Å². The van der Waals surface area contributed by atoms with E-state index >= 15 is 0 Å². The summed E-state index contributed by atoms with van der Waals surface area (Å²) in [6.07, 6.45) is 6.18. The molecule has 7 heteroatoms. The number of amides is 3. The molecule has 0 saturated heterocycles. The molecule has 2 atom stereocenters. The third-order valence-corrected chi connectivity index (χ3v) is 5.84. The Bertz CT molecular complexity index is 826. The quantitative estimate of drug-likeness (QED) is 0.509. The van der Waals surface area contributed by atoms with Gasteiger partial charge in [-0.25, -0.2) is 4.79 Å². The molecule has 2 rings (SSSR count). The number of hydrogen-bond donors (Lipinski definition) is 2. The summed E-state index contributed by atoms with van der Waals surface area (Å²) in [4.78, 5) is 41.4. The molecule has 0 aliphatic heterocycles. The minimum absolute atomic E-state index is 0.105. The highest BCUT2D eigenvalue weighted by atomic mass is 16.6. The van der Waals surface area contributed by atoms with Gasteiger partial charge in [-0.15, -0.1) is 6.58 Å². The molecule has 1 aliphatic rings. The highest BCUT2D eigenvalue weighted by Crippen LogP contribution is 2.25. The number of carbonyl (C=O) groups excluding carboxylic acids is 3. The van der Waals surface area contributed by atoms with Crippen molar-refractivity contribution in [2.45, 2.75) is 90.4 Å². The van der Waals surface area contributed by atoms with Gasteiger partial charge in [0.1, 0.15) is 17.7 Å². The minimum Gasteiger partial charge on any atom is -0.444 e. The topological polar surface area (TPSA) is 87.7 Å². The first kappa shape index (κ1) is 27.4. The number of carbonyl (C=O) groups is 3. The van der Waals surface area contributed by atoms with Gasteiger partial charge in [0.25, 0.3) is 0 Å². The van der Waals surface area contributed by atoms with E-state index in [2.05, 4.69) is 17.2 Å². The lowest BCUT2D eigenvalue weighted by molar-refractivity contribution is -0.143. The van der Waals surface area contributed by atoms with E-state index in [1.165, 1.54) is 11.3 Å². The Hall–Kier alpha value is -2.83. The van der Waals surface area contributed by atoms with Crippen molar-refractivity contribution in [1.29, 1.82) is 0 Å². The molecule has 1 aromatic carbocycles. The Labute approximate surface area is 204 Å². The van der Waals surface area contributed by atoms with Gasteiger partial charge >= 0.3 is 6.09 Å². The standard InChI is InChI=1S/C27H41N3O4/c1-7-18-30(25(32)22(19(2)3)29-26(33)34-27(4,5)6)23(20-14-10-8-11-15-20)24(31)28-21-16-12-9-13-17-21/h7-8,10-11,14-15,19,21-23H,1,9,12-13,16-18H2,2-6H3,(H,28,31)(H,29,33). The number of ether oxygens (including phenoxy) is 1. The van der Waals surface area contributed by atoms with Crippen molar-refractivity contribution in [3.63, 3.8) is 0 Å². The maximum Gasteiger partial charge on any atom is 0.408 e. The second-order valence-electron chi connectivity index (χ2n) is 10.3. The zero-order chi connectivity index (χ0) is 25.3.